The van der Waals surface area contributed by atoms with Gasteiger partial charge in [-0.25, -0.2) is 0 Å². The fourth-order valence-corrected chi connectivity index (χ4v) is 1.37. The molecule has 0 aliphatic carbocycles. The molecule has 0 bridgehead atoms. The quantitative estimate of drug-likeness (QED) is 0.716. The zero-order valence-electron chi connectivity index (χ0n) is 8.73. The van der Waals surface area contributed by atoms with Gasteiger partial charge in [0.05, 0.1) is 11.8 Å². The second-order valence-corrected chi connectivity index (χ2v) is 3.35. The Morgan fingerprint density at radius 3 is 2.87 bits per heavy atom. The van der Waals surface area contributed by atoms with Crippen LogP contribution in [0.3, 0.4) is 0 Å². The van der Waals surface area contributed by atoms with Crippen LogP contribution in [0.4, 0.5) is 0 Å². The molecule has 0 spiro atoms. The maximum Gasteiger partial charge on any atom is 0.231 e. The van der Waals surface area contributed by atoms with Gasteiger partial charge in [-0.15, -0.1) is 0 Å². The third-order valence-electron chi connectivity index (χ3n) is 2.20. The maximum absolute atomic E-state index is 11.8. The van der Waals surface area contributed by atoms with Gasteiger partial charge in [0.25, 0.3) is 0 Å². The minimum Gasteiger partial charge on any atom is -0.458 e. The molecule has 0 aliphatic heterocycles. The van der Waals surface area contributed by atoms with E-state index in [1.54, 1.807) is 24.0 Å². The summed E-state index contributed by atoms with van der Waals surface area (Å²) < 4.78 is 6.97. The predicted octanol–water partition coefficient (Wildman–Crippen LogP) is 1.81. The van der Waals surface area contributed by atoms with Crippen LogP contribution in [-0.2, 0) is 13.5 Å². The molecule has 0 unspecified atom stereocenters. The van der Waals surface area contributed by atoms with Crippen LogP contribution in [0.1, 0.15) is 28.8 Å². The predicted molar refractivity (Wildman–Crippen MR) is 54.7 cm³/mol. The number of hydrogen-bond donors (Lipinski definition) is 0. The van der Waals surface area contributed by atoms with Crippen LogP contribution >= 0.6 is 0 Å². The van der Waals surface area contributed by atoms with Crippen molar-refractivity contribution in [1.82, 2.24) is 9.78 Å². The first-order chi connectivity index (χ1) is 7.20. The van der Waals surface area contributed by atoms with Crippen molar-refractivity contribution in [2.45, 2.75) is 13.3 Å². The van der Waals surface area contributed by atoms with Crippen molar-refractivity contribution < 1.29 is 9.21 Å². The Morgan fingerprint density at radius 1 is 1.53 bits per heavy atom. The Bertz CT molecular complexity index is 482. The van der Waals surface area contributed by atoms with E-state index in [0.29, 0.717) is 11.3 Å². The molecule has 78 valence electrons. The Kier molecular flexibility index (Phi) is 2.41. The van der Waals surface area contributed by atoms with E-state index in [1.807, 2.05) is 13.0 Å². The van der Waals surface area contributed by atoms with Crippen molar-refractivity contribution >= 4 is 5.78 Å². The highest BCUT2D eigenvalue weighted by Crippen LogP contribution is 2.13. The minimum atomic E-state index is -0.122. The van der Waals surface area contributed by atoms with E-state index in [4.69, 9.17) is 4.42 Å². The summed E-state index contributed by atoms with van der Waals surface area (Å²) in [6.45, 7) is 1.98. The molecule has 0 aliphatic rings. The van der Waals surface area contributed by atoms with Gasteiger partial charge >= 0.3 is 0 Å². The molecule has 15 heavy (non-hydrogen) atoms. The molecule has 0 saturated heterocycles. The lowest BCUT2D eigenvalue weighted by atomic mass is 10.2. The normalized spacial score (nSPS) is 10.5. The third-order valence-corrected chi connectivity index (χ3v) is 2.20. The lowest BCUT2D eigenvalue weighted by Crippen LogP contribution is -1.97. The summed E-state index contributed by atoms with van der Waals surface area (Å²) in [5.74, 6) is 1.07. The molecule has 0 N–H and O–H groups in total. The van der Waals surface area contributed by atoms with Gasteiger partial charge in [-0.3, -0.25) is 9.48 Å². The number of nitrogens with zero attached hydrogens (tertiary/aromatic N) is 2. The summed E-state index contributed by atoms with van der Waals surface area (Å²) >= 11 is 0. The summed E-state index contributed by atoms with van der Waals surface area (Å²) in [5, 5.41) is 3.94. The summed E-state index contributed by atoms with van der Waals surface area (Å²) in [7, 11) is 1.77. The second kappa shape index (κ2) is 3.73. The summed E-state index contributed by atoms with van der Waals surface area (Å²) in [6.07, 6.45) is 4.01. The molecule has 2 aromatic rings. The van der Waals surface area contributed by atoms with Gasteiger partial charge in [0.2, 0.25) is 5.78 Å². The molecular weight excluding hydrogens is 192 g/mol. The Balaban J connectivity index is 2.28. The maximum atomic E-state index is 11.8. The van der Waals surface area contributed by atoms with Crippen molar-refractivity contribution in [2.75, 3.05) is 0 Å². The van der Waals surface area contributed by atoms with Gasteiger partial charge < -0.3 is 4.42 Å². The first-order valence-electron chi connectivity index (χ1n) is 4.82. The molecule has 0 amide bonds. The first-order valence-corrected chi connectivity index (χ1v) is 4.82. The molecule has 0 atom stereocenters. The second-order valence-electron chi connectivity index (χ2n) is 3.35. The zero-order valence-corrected chi connectivity index (χ0v) is 8.73. The standard InChI is InChI=1S/C11H12N2O2/c1-3-9-4-5-10(15-9)11(14)8-6-12-13(2)7-8/h4-7H,3H2,1-2H3. The Labute approximate surface area is 87.5 Å². The average Bonchev–Trinajstić information content (AvgIpc) is 2.84. The van der Waals surface area contributed by atoms with Crippen LogP contribution in [0.5, 0.6) is 0 Å². The smallest absolute Gasteiger partial charge is 0.231 e. The van der Waals surface area contributed by atoms with E-state index in [0.717, 1.165) is 12.2 Å². The lowest BCUT2D eigenvalue weighted by molar-refractivity contribution is 0.101. The number of ketones is 1. The summed E-state index contributed by atoms with van der Waals surface area (Å²) in [6, 6.07) is 3.53. The SMILES string of the molecule is CCc1ccc(C(=O)c2cnn(C)c2)o1. The molecule has 4 heteroatoms. The van der Waals surface area contributed by atoms with Gasteiger partial charge in [-0.1, -0.05) is 6.92 Å². The highest BCUT2D eigenvalue weighted by Gasteiger charge is 2.14. The number of rotatable bonds is 3. The van der Waals surface area contributed by atoms with Crippen LogP contribution in [0.15, 0.2) is 28.9 Å². The fourth-order valence-electron chi connectivity index (χ4n) is 1.37. The molecule has 4 nitrogen and oxygen atoms in total. The Morgan fingerprint density at radius 2 is 2.33 bits per heavy atom. The van der Waals surface area contributed by atoms with Gasteiger partial charge in [0.15, 0.2) is 5.76 Å². The first kappa shape index (κ1) is 9.71. The molecule has 0 saturated carbocycles. The van der Waals surface area contributed by atoms with Crippen molar-refractivity contribution in [3.63, 3.8) is 0 Å². The van der Waals surface area contributed by atoms with Crippen LogP contribution < -0.4 is 0 Å². The van der Waals surface area contributed by atoms with Crippen LogP contribution in [0, 0.1) is 0 Å². The van der Waals surface area contributed by atoms with E-state index in [2.05, 4.69) is 5.10 Å². The van der Waals surface area contributed by atoms with E-state index >= 15 is 0 Å². The minimum absolute atomic E-state index is 0.122. The fraction of sp³-hybridized carbons (Fsp3) is 0.273. The number of hydrogen-bond acceptors (Lipinski definition) is 3. The van der Waals surface area contributed by atoms with Gasteiger partial charge in [-0.05, 0) is 12.1 Å². The van der Waals surface area contributed by atoms with Crippen LogP contribution in [-0.4, -0.2) is 15.6 Å². The number of aromatic nitrogens is 2. The highest BCUT2D eigenvalue weighted by atomic mass is 16.3. The number of carbonyl (C=O) groups is 1. The zero-order chi connectivity index (χ0) is 10.8. The van der Waals surface area contributed by atoms with E-state index < -0.39 is 0 Å². The molecule has 0 fully saturated rings. The van der Waals surface area contributed by atoms with Gasteiger partial charge in [-0.2, -0.15) is 5.10 Å². The van der Waals surface area contributed by atoms with Crippen molar-refractivity contribution in [3.8, 4) is 0 Å². The molecular formula is C11H12N2O2. The van der Waals surface area contributed by atoms with Crippen LogP contribution in [0.25, 0.3) is 0 Å². The van der Waals surface area contributed by atoms with Crippen molar-refractivity contribution in [2.24, 2.45) is 7.05 Å². The van der Waals surface area contributed by atoms with E-state index in [1.165, 1.54) is 6.20 Å². The van der Waals surface area contributed by atoms with Crippen molar-refractivity contribution in [1.29, 1.82) is 0 Å². The molecule has 2 aromatic heterocycles. The van der Waals surface area contributed by atoms with E-state index in [-0.39, 0.29) is 5.78 Å². The van der Waals surface area contributed by atoms with E-state index in [9.17, 15) is 4.79 Å². The van der Waals surface area contributed by atoms with Gasteiger partial charge in [0, 0.05) is 19.7 Å². The van der Waals surface area contributed by atoms with Crippen molar-refractivity contribution in [3.05, 3.63) is 41.6 Å². The number of aryl methyl sites for hydroxylation is 2. The monoisotopic (exact) mass is 204 g/mol. The summed E-state index contributed by atoms with van der Waals surface area (Å²) in [5.41, 5.74) is 0.550. The number of furan rings is 1. The summed E-state index contributed by atoms with van der Waals surface area (Å²) in [4.78, 5) is 11.8. The highest BCUT2D eigenvalue weighted by molar-refractivity contribution is 6.06. The lowest BCUT2D eigenvalue weighted by Gasteiger charge is -1.92. The molecule has 0 radical (unpaired) electrons. The Hall–Kier alpha value is -1.84. The topological polar surface area (TPSA) is 48.0 Å². The molecule has 0 aromatic carbocycles. The average molecular weight is 204 g/mol. The molecule has 2 rings (SSSR count). The van der Waals surface area contributed by atoms with Crippen LogP contribution in [0.2, 0.25) is 0 Å². The van der Waals surface area contributed by atoms with Gasteiger partial charge in [0.1, 0.15) is 5.76 Å². The largest absolute Gasteiger partial charge is 0.458 e. The molecule has 2 heterocycles. The number of carbonyl (C=O) groups excluding carboxylic acids is 1. The third kappa shape index (κ3) is 1.83.